The van der Waals surface area contributed by atoms with Crippen molar-refractivity contribution in [2.24, 2.45) is 0 Å². The Morgan fingerprint density at radius 1 is 0.824 bits per heavy atom. The molecule has 2 aromatic carbocycles. The zero-order valence-corrected chi connectivity index (χ0v) is 20.5. The monoisotopic (exact) mass is 490 g/mol. The summed E-state index contributed by atoms with van der Waals surface area (Å²) in [6, 6.07) is 17.8. The van der Waals surface area contributed by atoms with E-state index in [0.717, 1.165) is 40.9 Å². The number of benzene rings is 2. The zero-order valence-electron chi connectivity index (χ0n) is 18.9. The summed E-state index contributed by atoms with van der Waals surface area (Å²) >= 11 is 1.62. The Kier molecular flexibility index (Phi) is 5.59. The van der Waals surface area contributed by atoms with Crippen LogP contribution in [-0.4, -0.2) is 48.9 Å². The molecular formula is C26H26N4O2S2. The van der Waals surface area contributed by atoms with Crippen molar-refractivity contribution in [2.75, 3.05) is 31.1 Å². The van der Waals surface area contributed by atoms with E-state index in [1.807, 2.05) is 53.9 Å². The minimum absolute atomic E-state index is 0.425. The lowest BCUT2D eigenvalue weighted by Crippen LogP contribution is -2.49. The summed E-state index contributed by atoms with van der Waals surface area (Å²) in [6.45, 7) is 2.06. The van der Waals surface area contributed by atoms with Crippen LogP contribution in [-0.2, 0) is 22.9 Å². The van der Waals surface area contributed by atoms with Crippen molar-refractivity contribution >= 4 is 38.1 Å². The van der Waals surface area contributed by atoms with Gasteiger partial charge in [-0.1, -0.05) is 24.3 Å². The molecule has 0 spiro atoms. The second-order valence-electron chi connectivity index (χ2n) is 8.89. The van der Waals surface area contributed by atoms with E-state index in [1.54, 1.807) is 21.7 Å². The number of para-hydroxylation sites is 1. The highest BCUT2D eigenvalue weighted by Gasteiger charge is 2.30. The fourth-order valence-electron chi connectivity index (χ4n) is 4.98. The molecular weight excluding hydrogens is 464 g/mol. The van der Waals surface area contributed by atoms with Gasteiger partial charge in [-0.3, -0.25) is 0 Å². The lowest BCUT2D eigenvalue weighted by Gasteiger charge is -2.35. The minimum Gasteiger partial charge on any atom is -0.353 e. The van der Waals surface area contributed by atoms with Gasteiger partial charge in [0.05, 0.1) is 15.3 Å². The maximum atomic E-state index is 13.4. The number of hydrogen-bond acceptors (Lipinski definition) is 6. The number of piperazine rings is 1. The first kappa shape index (κ1) is 21.7. The highest BCUT2D eigenvalue weighted by molar-refractivity contribution is 7.89. The lowest BCUT2D eigenvalue weighted by molar-refractivity contribution is 0.384. The molecule has 2 aliphatic rings. The molecule has 3 heterocycles. The van der Waals surface area contributed by atoms with Crippen molar-refractivity contribution < 1.29 is 8.42 Å². The van der Waals surface area contributed by atoms with Crippen LogP contribution in [0.3, 0.4) is 0 Å². The van der Waals surface area contributed by atoms with E-state index in [1.165, 1.54) is 17.5 Å². The summed E-state index contributed by atoms with van der Waals surface area (Å²) in [7, 11) is -3.51. The molecule has 4 aromatic rings. The van der Waals surface area contributed by atoms with Gasteiger partial charge < -0.3 is 4.90 Å². The molecule has 0 bridgehead atoms. The molecule has 0 N–H and O–H groups in total. The topological polar surface area (TPSA) is 66.4 Å². The van der Waals surface area contributed by atoms with Crippen molar-refractivity contribution in [2.45, 2.75) is 30.6 Å². The average Bonchev–Trinajstić information content (AvgIpc) is 3.43. The van der Waals surface area contributed by atoms with Crippen molar-refractivity contribution in [3.63, 3.8) is 0 Å². The van der Waals surface area contributed by atoms with Crippen LogP contribution in [0.1, 0.15) is 24.0 Å². The van der Waals surface area contributed by atoms with Crippen LogP contribution in [0.15, 0.2) is 64.9 Å². The van der Waals surface area contributed by atoms with Gasteiger partial charge in [-0.15, -0.1) is 11.3 Å². The highest BCUT2D eigenvalue weighted by atomic mass is 32.2. The van der Waals surface area contributed by atoms with Gasteiger partial charge in [0.2, 0.25) is 10.0 Å². The molecule has 0 amide bonds. The average molecular weight is 491 g/mol. The Hall–Kier alpha value is -2.81. The van der Waals surface area contributed by atoms with E-state index >= 15 is 0 Å². The molecule has 6 rings (SSSR count). The summed E-state index contributed by atoms with van der Waals surface area (Å²) in [6.07, 6.45) is 4.34. The van der Waals surface area contributed by atoms with Gasteiger partial charge >= 0.3 is 0 Å². The number of thiophene rings is 1. The SMILES string of the molecule is O=S(=O)(c1ccc2c(c1)CCCC2)N1CCN(c2nc(-c3cccs3)nc3ccccc23)CC1. The lowest BCUT2D eigenvalue weighted by atomic mass is 9.92. The first-order valence-electron chi connectivity index (χ1n) is 11.8. The van der Waals surface area contributed by atoms with Crippen molar-refractivity contribution in [3.8, 4) is 10.7 Å². The fraction of sp³-hybridized carbons (Fsp3) is 0.308. The maximum Gasteiger partial charge on any atom is 0.243 e. The van der Waals surface area contributed by atoms with Gasteiger partial charge in [-0.05, 0) is 72.5 Å². The van der Waals surface area contributed by atoms with Crippen molar-refractivity contribution in [1.82, 2.24) is 14.3 Å². The Labute approximate surface area is 203 Å². The summed E-state index contributed by atoms with van der Waals surface area (Å²) in [5.41, 5.74) is 3.40. The van der Waals surface area contributed by atoms with Gasteiger partial charge in [-0.2, -0.15) is 4.31 Å². The summed E-state index contributed by atoms with van der Waals surface area (Å²) in [5.74, 6) is 1.59. The number of aryl methyl sites for hydroxylation is 2. The molecule has 0 radical (unpaired) electrons. The highest BCUT2D eigenvalue weighted by Crippen LogP contribution is 2.31. The van der Waals surface area contributed by atoms with Crippen LogP contribution in [0.25, 0.3) is 21.6 Å². The molecule has 0 saturated carbocycles. The third kappa shape index (κ3) is 3.89. The number of rotatable bonds is 4. The number of anilines is 1. The zero-order chi connectivity index (χ0) is 23.1. The number of sulfonamides is 1. The number of aromatic nitrogens is 2. The van der Waals surface area contributed by atoms with Crippen molar-refractivity contribution in [3.05, 3.63) is 71.1 Å². The number of fused-ring (bicyclic) bond motifs is 2. The van der Waals surface area contributed by atoms with E-state index in [0.29, 0.717) is 36.9 Å². The standard InChI is InChI=1S/C26H26N4O2S2/c31-34(32,21-12-11-19-6-1-2-7-20(19)18-21)30-15-13-29(14-16-30)26-22-8-3-4-9-23(22)27-25(28-26)24-10-5-17-33-24/h3-5,8-12,17-18H,1-2,6-7,13-16H2. The van der Waals surface area contributed by atoms with Gasteiger partial charge in [0.1, 0.15) is 5.82 Å². The first-order valence-corrected chi connectivity index (χ1v) is 14.1. The molecule has 2 aromatic heterocycles. The third-order valence-electron chi connectivity index (χ3n) is 6.82. The van der Waals surface area contributed by atoms with Gasteiger partial charge in [0, 0.05) is 31.6 Å². The second-order valence-corrected chi connectivity index (χ2v) is 11.8. The van der Waals surface area contributed by atoms with E-state index in [9.17, 15) is 8.42 Å². The molecule has 1 aliphatic carbocycles. The Morgan fingerprint density at radius 2 is 1.62 bits per heavy atom. The van der Waals surface area contributed by atoms with Gasteiger partial charge in [-0.25, -0.2) is 18.4 Å². The molecule has 0 atom stereocenters. The van der Waals surface area contributed by atoms with E-state index in [-0.39, 0.29) is 0 Å². The molecule has 1 aliphatic heterocycles. The summed E-state index contributed by atoms with van der Waals surface area (Å²) in [5, 5.41) is 3.02. The van der Waals surface area contributed by atoms with Crippen LogP contribution in [0.4, 0.5) is 5.82 Å². The Bertz CT molecular complexity index is 1440. The van der Waals surface area contributed by atoms with E-state index in [4.69, 9.17) is 9.97 Å². The molecule has 0 unspecified atom stereocenters. The fourth-order valence-corrected chi connectivity index (χ4v) is 7.11. The van der Waals surface area contributed by atoms with Gasteiger partial charge in [0.25, 0.3) is 0 Å². The number of nitrogens with zero attached hydrogens (tertiary/aromatic N) is 4. The summed E-state index contributed by atoms with van der Waals surface area (Å²) in [4.78, 5) is 13.3. The Balaban J connectivity index is 1.27. The smallest absolute Gasteiger partial charge is 0.243 e. The minimum atomic E-state index is -3.51. The van der Waals surface area contributed by atoms with Crippen LogP contribution in [0.5, 0.6) is 0 Å². The molecule has 1 fully saturated rings. The van der Waals surface area contributed by atoms with Crippen LogP contribution in [0.2, 0.25) is 0 Å². The Morgan fingerprint density at radius 3 is 2.41 bits per heavy atom. The van der Waals surface area contributed by atoms with Crippen LogP contribution < -0.4 is 4.90 Å². The predicted octanol–water partition coefficient (Wildman–Crippen LogP) is 4.75. The number of hydrogen-bond donors (Lipinski definition) is 0. The normalized spacial score (nSPS) is 17.1. The van der Waals surface area contributed by atoms with E-state index < -0.39 is 10.0 Å². The molecule has 174 valence electrons. The molecule has 1 saturated heterocycles. The van der Waals surface area contributed by atoms with Crippen molar-refractivity contribution in [1.29, 1.82) is 0 Å². The third-order valence-corrected chi connectivity index (χ3v) is 9.58. The van der Waals surface area contributed by atoms with E-state index in [2.05, 4.69) is 4.90 Å². The molecule has 6 nitrogen and oxygen atoms in total. The first-order chi connectivity index (χ1) is 16.6. The van der Waals surface area contributed by atoms with Crippen LogP contribution in [0, 0.1) is 0 Å². The maximum absolute atomic E-state index is 13.4. The molecule has 34 heavy (non-hydrogen) atoms. The molecule has 8 heteroatoms. The van der Waals surface area contributed by atoms with Gasteiger partial charge in [0.15, 0.2) is 5.82 Å². The van der Waals surface area contributed by atoms with Crippen LogP contribution >= 0.6 is 11.3 Å². The second kappa shape index (κ2) is 8.76. The predicted molar refractivity (Wildman–Crippen MR) is 137 cm³/mol. The summed E-state index contributed by atoms with van der Waals surface area (Å²) < 4.78 is 28.5. The largest absolute Gasteiger partial charge is 0.353 e. The quantitative estimate of drug-likeness (QED) is 0.413.